The molecule has 0 bridgehead atoms. The van der Waals surface area contributed by atoms with Crippen LogP contribution < -0.4 is 0 Å². The summed E-state index contributed by atoms with van der Waals surface area (Å²) in [7, 11) is 0. The zero-order valence-electron chi connectivity index (χ0n) is 8.10. The number of carbonyl (C=O) groups excluding carboxylic acids is 1. The third kappa shape index (κ3) is 1.10. The van der Waals surface area contributed by atoms with Crippen molar-refractivity contribution < 1.29 is 4.79 Å². The summed E-state index contributed by atoms with van der Waals surface area (Å²) in [5.41, 5.74) is -0.000324. The van der Waals surface area contributed by atoms with Crippen LogP contribution in [0.5, 0.6) is 0 Å². The number of hydrogen-bond donors (Lipinski definition) is 0. The van der Waals surface area contributed by atoms with Crippen LogP contribution in [-0.2, 0) is 4.79 Å². The molecule has 2 aliphatic carbocycles. The summed E-state index contributed by atoms with van der Waals surface area (Å²) in [6, 6.07) is 0. The van der Waals surface area contributed by atoms with Gasteiger partial charge in [-0.1, -0.05) is 26.7 Å². The van der Waals surface area contributed by atoms with Gasteiger partial charge in [-0.3, -0.25) is 4.79 Å². The number of ketones is 1. The second-order valence-corrected chi connectivity index (χ2v) is 5.10. The van der Waals surface area contributed by atoms with Gasteiger partial charge in [-0.15, -0.1) is 0 Å². The van der Waals surface area contributed by atoms with Crippen LogP contribution in [0.25, 0.3) is 0 Å². The van der Waals surface area contributed by atoms with E-state index in [1.54, 1.807) is 0 Å². The van der Waals surface area contributed by atoms with E-state index >= 15 is 0 Å². The first-order valence-electron chi connectivity index (χ1n) is 5.15. The fraction of sp³-hybridized carbons (Fsp3) is 0.909. The molecule has 0 radical (unpaired) electrons. The molecule has 2 atom stereocenters. The van der Waals surface area contributed by atoms with Crippen molar-refractivity contribution in [3.05, 3.63) is 0 Å². The van der Waals surface area contributed by atoms with E-state index in [0.29, 0.717) is 11.7 Å². The largest absolute Gasteiger partial charge is 0.299 e. The van der Waals surface area contributed by atoms with E-state index in [-0.39, 0.29) is 5.41 Å². The summed E-state index contributed by atoms with van der Waals surface area (Å²) in [5, 5.41) is 0. The molecule has 2 rings (SSSR count). The third-order valence-corrected chi connectivity index (χ3v) is 3.69. The van der Waals surface area contributed by atoms with Crippen LogP contribution in [0, 0.1) is 17.3 Å². The smallest absolute Gasteiger partial charge is 0.141 e. The van der Waals surface area contributed by atoms with E-state index in [4.69, 9.17) is 0 Å². The lowest BCUT2D eigenvalue weighted by Crippen LogP contribution is -2.23. The SMILES string of the molecule is CC1(C)CC2CCCCC2C1=O. The molecule has 0 N–H and O–H groups in total. The van der Waals surface area contributed by atoms with Gasteiger partial charge in [0.15, 0.2) is 0 Å². The molecule has 0 aromatic heterocycles. The zero-order valence-corrected chi connectivity index (χ0v) is 8.10. The summed E-state index contributed by atoms with van der Waals surface area (Å²) in [4.78, 5) is 11.9. The van der Waals surface area contributed by atoms with Crippen LogP contribution in [0.1, 0.15) is 46.0 Å². The first-order chi connectivity index (χ1) is 5.61. The van der Waals surface area contributed by atoms with E-state index in [1.807, 2.05) is 0 Å². The number of hydrogen-bond acceptors (Lipinski definition) is 1. The van der Waals surface area contributed by atoms with E-state index < -0.39 is 0 Å². The second kappa shape index (κ2) is 2.58. The molecular formula is C11H18O. The molecule has 0 aromatic rings. The lowest BCUT2D eigenvalue weighted by molar-refractivity contribution is -0.128. The van der Waals surface area contributed by atoms with Gasteiger partial charge in [-0.2, -0.15) is 0 Å². The van der Waals surface area contributed by atoms with Gasteiger partial charge in [0.25, 0.3) is 0 Å². The van der Waals surface area contributed by atoms with Gasteiger partial charge in [0.1, 0.15) is 5.78 Å². The molecule has 0 spiro atoms. The third-order valence-electron chi connectivity index (χ3n) is 3.69. The maximum absolute atomic E-state index is 11.9. The monoisotopic (exact) mass is 166 g/mol. The fourth-order valence-corrected chi connectivity index (χ4v) is 3.06. The van der Waals surface area contributed by atoms with Crippen molar-refractivity contribution in [1.82, 2.24) is 0 Å². The molecule has 0 saturated heterocycles. The zero-order chi connectivity index (χ0) is 8.77. The van der Waals surface area contributed by atoms with Crippen LogP contribution >= 0.6 is 0 Å². The van der Waals surface area contributed by atoms with Crippen LogP contribution in [0.4, 0.5) is 0 Å². The molecular weight excluding hydrogens is 148 g/mol. The van der Waals surface area contributed by atoms with Crippen molar-refractivity contribution in [2.75, 3.05) is 0 Å². The van der Waals surface area contributed by atoms with Gasteiger partial charge in [0, 0.05) is 11.3 Å². The maximum Gasteiger partial charge on any atom is 0.141 e. The van der Waals surface area contributed by atoms with E-state index in [1.165, 1.54) is 25.7 Å². The molecule has 0 aliphatic heterocycles. The van der Waals surface area contributed by atoms with Gasteiger partial charge in [-0.05, 0) is 25.2 Å². The van der Waals surface area contributed by atoms with E-state index in [2.05, 4.69) is 13.8 Å². The van der Waals surface area contributed by atoms with Gasteiger partial charge in [0.2, 0.25) is 0 Å². The molecule has 0 aromatic carbocycles. The Morgan fingerprint density at radius 3 is 2.58 bits per heavy atom. The van der Waals surface area contributed by atoms with Gasteiger partial charge in [-0.25, -0.2) is 0 Å². The van der Waals surface area contributed by atoms with Crippen LogP contribution in [0.2, 0.25) is 0 Å². The highest BCUT2D eigenvalue weighted by Crippen LogP contribution is 2.48. The highest BCUT2D eigenvalue weighted by Gasteiger charge is 2.47. The van der Waals surface area contributed by atoms with Crippen molar-refractivity contribution in [1.29, 1.82) is 0 Å². The van der Waals surface area contributed by atoms with Gasteiger partial charge >= 0.3 is 0 Å². The van der Waals surface area contributed by atoms with Crippen molar-refractivity contribution in [2.45, 2.75) is 46.0 Å². The molecule has 2 unspecified atom stereocenters. The van der Waals surface area contributed by atoms with Crippen molar-refractivity contribution in [2.24, 2.45) is 17.3 Å². The average Bonchev–Trinajstić information content (AvgIpc) is 2.24. The number of fused-ring (bicyclic) bond motifs is 1. The number of rotatable bonds is 0. The van der Waals surface area contributed by atoms with Crippen LogP contribution in [0.3, 0.4) is 0 Å². The minimum absolute atomic E-state index is 0.000324. The first-order valence-corrected chi connectivity index (χ1v) is 5.15. The summed E-state index contributed by atoms with van der Waals surface area (Å²) < 4.78 is 0. The van der Waals surface area contributed by atoms with Gasteiger partial charge < -0.3 is 0 Å². The predicted octanol–water partition coefficient (Wildman–Crippen LogP) is 2.79. The van der Waals surface area contributed by atoms with E-state index in [9.17, 15) is 4.79 Å². The van der Waals surface area contributed by atoms with Crippen LogP contribution in [0.15, 0.2) is 0 Å². The maximum atomic E-state index is 11.9. The molecule has 2 fully saturated rings. The van der Waals surface area contributed by atoms with E-state index in [0.717, 1.165) is 12.3 Å². The second-order valence-electron chi connectivity index (χ2n) is 5.10. The molecule has 12 heavy (non-hydrogen) atoms. The summed E-state index contributed by atoms with van der Waals surface area (Å²) in [6.07, 6.45) is 6.26. The Labute approximate surface area is 74.5 Å². The Kier molecular flexibility index (Phi) is 1.78. The summed E-state index contributed by atoms with van der Waals surface area (Å²) in [6.45, 7) is 4.24. The first kappa shape index (κ1) is 8.28. The molecule has 0 amide bonds. The molecule has 2 aliphatic rings. The Morgan fingerprint density at radius 1 is 1.25 bits per heavy atom. The Bertz CT molecular complexity index is 205. The van der Waals surface area contributed by atoms with Crippen molar-refractivity contribution in [3.8, 4) is 0 Å². The molecule has 1 nitrogen and oxygen atoms in total. The Hall–Kier alpha value is -0.330. The Balaban J connectivity index is 2.19. The Morgan fingerprint density at radius 2 is 1.92 bits per heavy atom. The quantitative estimate of drug-likeness (QED) is 0.541. The molecule has 2 saturated carbocycles. The topological polar surface area (TPSA) is 17.1 Å². The molecule has 0 heterocycles. The minimum Gasteiger partial charge on any atom is -0.299 e. The number of carbonyl (C=O) groups is 1. The lowest BCUT2D eigenvalue weighted by atomic mass is 9.81. The molecule has 68 valence electrons. The number of Topliss-reactive ketones (excluding diaryl/α,β-unsaturated/α-hetero) is 1. The summed E-state index contributed by atoms with van der Waals surface area (Å²) in [5.74, 6) is 1.72. The van der Waals surface area contributed by atoms with Crippen molar-refractivity contribution >= 4 is 5.78 Å². The van der Waals surface area contributed by atoms with Crippen LogP contribution in [-0.4, -0.2) is 5.78 Å². The standard InChI is InChI=1S/C11H18O/c1-11(2)7-8-5-3-4-6-9(8)10(11)12/h8-9H,3-7H2,1-2H3. The lowest BCUT2D eigenvalue weighted by Gasteiger charge is -2.22. The highest BCUT2D eigenvalue weighted by atomic mass is 16.1. The van der Waals surface area contributed by atoms with Gasteiger partial charge in [0.05, 0.1) is 0 Å². The van der Waals surface area contributed by atoms with Crippen molar-refractivity contribution in [3.63, 3.8) is 0 Å². The fourth-order valence-electron chi connectivity index (χ4n) is 3.06. The minimum atomic E-state index is -0.000324. The molecule has 1 heteroatoms. The summed E-state index contributed by atoms with van der Waals surface area (Å²) >= 11 is 0. The normalized spacial score (nSPS) is 39.7. The highest BCUT2D eigenvalue weighted by molar-refractivity contribution is 5.88. The average molecular weight is 166 g/mol. The predicted molar refractivity (Wildman–Crippen MR) is 48.9 cm³/mol.